The molecule has 0 unspecified atom stereocenters. The van der Waals surface area contributed by atoms with E-state index in [1.807, 2.05) is 0 Å². The molecule has 3 aromatic carbocycles. The molecule has 0 saturated heterocycles. The highest BCUT2D eigenvalue weighted by Crippen LogP contribution is 2.38. The van der Waals surface area contributed by atoms with E-state index in [4.69, 9.17) is 18.7 Å². The first-order valence-corrected chi connectivity index (χ1v) is 10.6. The van der Waals surface area contributed by atoms with E-state index in [9.17, 15) is 4.79 Å². The minimum absolute atomic E-state index is 0.00414. The maximum atomic E-state index is 15.5. The average molecular weight is 473 g/mol. The van der Waals surface area contributed by atoms with Gasteiger partial charge in [0.1, 0.15) is 11.5 Å². The molecule has 0 spiro atoms. The summed E-state index contributed by atoms with van der Waals surface area (Å²) >= 11 is 0. The van der Waals surface area contributed by atoms with Gasteiger partial charge in [-0.2, -0.15) is 0 Å². The van der Waals surface area contributed by atoms with Crippen LogP contribution in [0.5, 0.6) is 23.0 Å². The lowest BCUT2D eigenvalue weighted by molar-refractivity contribution is 0.102. The summed E-state index contributed by atoms with van der Waals surface area (Å²) in [6.45, 7) is 1.72. The van der Waals surface area contributed by atoms with Crippen LogP contribution < -0.4 is 19.5 Å². The molecule has 0 saturated carbocycles. The Balaban J connectivity index is 1.52. The van der Waals surface area contributed by atoms with Crippen LogP contribution in [0.1, 0.15) is 16.1 Å². The zero-order chi connectivity index (χ0) is 24.5. The molecule has 0 atom stereocenters. The predicted molar refractivity (Wildman–Crippen MR) is 128 cm³/mol. The maximum Gasteiger partial charge on any atom is 0.257 e. The number of aryl methyl sites for hydroxylation is 1. The Labute approximate surface area is 199 Å². The second-order valence-electron chi connectivity index (χ2n) is 7.69. The molecule has 1 N–H and O–H groups in total. The third kappa shape index (κ3) is 4.08. The summed E-state index contributed by atoms with van der Waals surface area (Å²) in [5, 5.41) is 7.72. The number of fused-ring (bicyclic) bond motifs is 2. The molecule has 0 radical (unpaired) electrons. The first-order valence-electron chi connectivity index (χ1n) is 10.6. The fourth-order valence-electron chi connectivity index (χ4n) is 3.84. The van der Waals surface area contributed by atoms with Crippen molar-refractivity contribution in [3.63, 3.8) is 0 Å². The van der Waals surface area contributed by atoms with Gasteiger partial charge in [-0.1, -0.05) is 17.3 Å². The van der Waals surface area contributed by atoms with Gasteiger partial charge in [0, 0.05) is 34.7 Å². The van der Waals surface area contributed by atoms with E-state index in [0.717, 1.165) is 0 Å². The SMILES string of the molecule is COc1cc2nccc(Oc3ccc4c(C(=O)Nc5cc(C)on5)cccc4c3F)c2cc1OC. The highest BCUT2D eigenvalue weighted by atomic mass is 19.1. The Morgan fingerprint density at radius 2 is 1.71 bits per heavy atom. The number of rotatable bonds is 6. The van der Waals surface area contributed by atoms with Gasteiger partial charge in [-0.25, -0.2) is 4.39 Å². The van der Waals surface area contributed by atoms with Crippen LogP contribution in [0, 0.1) is 12.7 Å². The number of ether oxygens (including phenoxy) is 3. The molecule has 0 fully saturated rings. The van der Waals surface area contributed by atoms with E-state index in [1.54, 1.807) is 61.7 Å². The summed E-state index contributed by atoms with van der Waals surface area (Å²) in [6, 6.07) is 14.6. The Kier molecular flexibility index (Phi) is 5.66. The van der Waals surface area contributed by atoms with Crippen LogP contribution in [0.25, 0.3) is 21.7 Å². The Bertz CT molecular complexity index is 1580. The van der Waals surface area contributed by atoms with E-state index in [2.05, 4.69) is 15.5 Å². The zero-order valence-corrected chi connectivity index (χ0v) is 19.1. The van der Waals surface area contributed by atoms with Crippen LogP contribution in [-0.4, -0.2) is 30.3 Å². The van der Waals surface area contributed by atoms with Crippen molar-refractivity contribution in [2.45, 2.75) is 6.92 Å². The van der Waals surface area contributed by atoms with Gasteiger partial charge < -0.3 is 24.1 Å². The van der Waals surface area contributed by atoms with Gasteiger partial charge in [0.25, 0.3) is 5.91 Å². The number of amides is 1. The molecule has 2 aromatic heterocycles. The van der Waals surface area contributed by atoms with Gasteiger partial charge in [0.05, 0.1) is 19.7 Å². The van der Waals surface area contributed by atoms with Crippen LogP contribution >= 0.6 is 0 Å². The van der Waals surface area contributed by atoms with E-state index in [0.29, 0.717) is 44.9 Å². The number of nitrogens with zero attached hydrogens (tertiary/aromatic N) is 2. The van der Waals surface area contributed by atoms with Crippen molar-refractivity contribution in [1.29, 1.82) is 0 Å². The van der Waals surface area contributed by atoms with Crippen molar-refractivity contribution in [3.05, 3.63) is 77.9 Å². The van der Waals surface area contributed by atoms with Crippen molar-refractivity contribution in [3.8, 4) is 23.0 Å². The molecular weight excluding hydrogens is 453 g/mol. The van der Waals surface area contributed by atoms with Crippen molar-refractivity contribution in [2.24, 2.45) is 0 Å². The fraction of sp³-hybridized carbons (Fsp3) is 0.115. The van der Waals surface area contributed by atoms with Gasteiger partial charge in [-0.05, 0) is 42.6 Å². The van der Waals surface area contributed by atoms with Crippen LogP contribution in [0.15, 0.2) is 65.3 Å². The van der Waals surface area contributed by atoms with Gasteiger partial charge in [-0.3, -0.25) is 9.78 Å². The summed E-state index contributed by atoms with van der Waals surface area (Å²) in [4.78, 5) is 17.1. The Hall–Kier alpha value is -4.66. The number of halogens is 1. The molecule has 35 heavy (non-hydrogen) atoms. The van der Waals surface area contributed by atoms with Crippen LogP contribution in [0.2, 0.25) is 0 Å². The molecular formula is C26H20FN3O5. The predicted octanol–water partition coefficient (Wildman–Crippen LogP) is 5.89. The number of anilines is 1. The normalized spacial score (nSPS) is 11.0. The van der Waals surface area contributed by atoms with Crippen molar-refractivity contribution in [2.75, 3.05) is 19.5 Å². The molecule has 1 amide bonds. The monoisotopic (exact) mass is 473 g/mol. The lowest BCUT2D eigenvalue weighted by atomic mass is 10.0. The second-order valence-corrected chi connectivity index (χ2v) is 7.69. The molecule has 0 aliphatic rings. The quantitative estimate of drug-likeness (QED) is 0.329. The van der Waals surface area contributed by atoms with Gasteiger partial charge >= 0.3 is 0 Å². The number of aromatic nitrogens is 2. The highest BCUT2D eigenvalue weighted by Gasteiger charge is 2.18. The van der Waals surface area contributed by atoms with E-state index >= 15 is 4.39 Å². The number of hydrogen-bond acceptors (Lipinski definition) is 7. The molecule has 0 aliphatic heterocycles. The van der Waals surface area contributed by atoms with Crippen LogP contribution in [0.3, 0.4) is 0 Å². The number of pyridine rings is 1. The van der Waals surface area contributed by atoms with Crippen molar-refractivity contribution >= 4 is 33.4 Å². The van der Waals surface area contributed by atoms with Gasteiger partial charge in [-0.15, -0.1) is 0 Å². The maximum absolute atomic E-state index is 15.5. The van der Waals surface area contributed by atoms with Crippen molar-refractivity contribution in [1.82, 2.24) is 10.1 Å². The molecule has 0 bridgehead atoms. The van der Waals surface area contributed by atoms with E-state index in [1.165, 1.54) is 20.3 Å². The summed E-state index contributed by atoms with van der Waals surface area (Å²) in [5.41, 5.74) is 0.892. The minimum Gasteiger partial charge on any atom is -0.493 e. The van der Waals surface area contributed by atoms with Gasteiger partial charge in [0.2, 0.25) is 0 Å². The summed E-state index contributed by atoms with van der Waals surface area (Å²) < 4.78 is 37.2. The van der Waals surface area contributed by atoms with Gasteiger partial charge in [0.15, 0.2) is 28.9 Å². The number of nitrogens with one attached hydrogen (secondary N) is 1. The lowest BCUT2D eigenvalue weighted by Crippen LogP contribution is -2.12. The second kappa shape index (κ2) is 8.94. The standard InChI is InChI=1S/C26H20FN3O5/c1-14-11-24(30-35-14)29-26(31)17-6-4-5-16-15(17)7-8-21(25(16)27)34-20-9-10-28-19-13-23(33-3)22(32-2)12-18(19)20/h4-13H,1-3H3,(H,29,30,31). The van der Waals surface area contributed by atoms with Crippen LogP contribution in [0.4, 0.5) is 10.2 Å². The Morgan fingerprint density at radius 3 is 2.46 bits per heavy atom. The first kappa shape index (κ1) is 22.1. The van der Waals surface area contributed by atoms with E-state index < -0.39 is 11.7 Å². The minimum atomic E-state index is -0.597. The molecule has 5 rings (SSSR count). The topological polar surface area (TPSA) is 95.7 Å². The molecule has 176 valence electrons. The molecule has 5 aromatic rings. The third-order valence-electron chi connectivity index (χ3n) is 5.50. The number of carbonyl (C=O) groups excluding carboxylic acids is 1. The Morgan fingerprint density at radius 1 is 0.914 bits per heavy atom. The average Bonchev–Trinajstić information content (AvgIpc) is 3.28. The lowest BCUT2D eigenvalue weighted by Gasteiger charge is -2.14. The molecule has 9 heteroatoms. The highest BCUT2D eigenvalue weighted by molar-refractivity contribution is 6.12. The number of carbonyl (C=O) groups is 1. The smallest absolute Gasteiger partial charge is 0.257 e. The molecule has 8 nitrogen and oxygen atoms in total. The summed E-state index contributed by atoms with van der Waals surface area (Å²) in [6.07, 6.45) is 1.57. The molecule has 2 heterocycles. The number of hydrogen-bond donors (Lipinski definition) is 1. The fourth-order valence-corrected chi connectivity index (χ4v) is 3.84. The van der Waals surface area contributed by atoms with Crippen LogP contribution in [-0.2, 0) is 0 Å². The third-order valence-corrected chi connectivity index (χ3v) is 5.50. The summed E-state index contributed by atoms with van der Waals surface area (Å²) in [7, 11) is 3.07. The zero-order valence-electron chi connectivity index (χ0n) is 19.1. The van der Waals surface area contributed by atoms with Crippen molar-refractivity contribution < 1.29 is 27.9 Å². The largest absolute Gasteiger partial charge is 0.493 e. The number of benzene rings is 3. The number of methoxy groups -OCH3 is 2. The summed E-state index contributed by atoms with van der Waals surface area (Å²) in [5.74, 6) is 1.22. The molecule has 0 aliphatic carbocycles. The first-order chi connectivity index (χ1) is 17.0. The van der Waals surface area contributed by atoms with E-state index in [-0.39, 0.29) is 17.0 Å².